The van der Waals surface area contributed by atoms with Gasteiger partial charge in [-0.25, -0.2) is 4.98 Å². The van der Waals surface area contributed by atoms with Crippen molar-refractivity contribution in [2.24, 2.45) is 5.41 Å². The van der Waals surface area contributed by atoms with Gasteiger partial charge in [-0.3, -0.25) is 4.79 Å². The van der Waals surface area contributed by atoms with E-state index in [1.807, 2.05) is 24.1 Å². The Balaban J connectivity index is 1.98. The molecule has 0 saturated heterocycles. The number of aryl methyl sites for hydroxylation is 2. The summed E-state index contributed by atoms with van der Waals surface area (Å²) in [5, 5.41) is 0. The second-order valence-electron chi connectivity index (χ2n) is 6.97. The molecule has 1 aromatic carbocycles. The highest BCUT2D eigenvalue weighted by atomic mass is 16.2. The third-order valence-corrected chi connectivity index (χ3v) is 3.48. The van der Waals surface area contributed by atoms with Crippen LogP contribution in [-0.2, 0) is 11.2 Å². The van der Waals surface area contributed by atoms with Gasteiger partial charge in [-0.2, -0.15) is 0 Å². The zero-order valence-corrected chi connectivity index (χ0v) is 13.7. The molecule has 0 unspecified atom stereocenters. The molecule has 21 heavy (non-hydrogen) atoms. The maximum Gasteiger partial charge on any atom is 0.222 e. The number of hydrogen-bond acceptors (Lipinski definition) is 2. The van der Waals surface area contributed by atoms with Gasteiger partial charge in [0.15, 0.2) is 0 Å². The van der Waals surface area contributed by atoms with Gasteiger partial charge in [0.25, 0.3) is 0 Å². The Morgan fingerprint density at radius 3 is 2.67 bits per heavy atom. The summed E-state index contributed by atoms with van der Waals surface area (Å²) in [5.41, 5.74) is 3.33. The van der Waals surface area contributed by atoms with E-state index in [9.17, 15) is 4.79 Å². The molecule has 4 nitrogen and oxygen atoms in total. The maximum absolute atomic E-state index is 12.2. The number of rotatable bonds is 4. The molecule has 0 aliphatic carbocycles. The van der Waals surface area contributed by atoms with E-state index in [1.54, 1.807) is 0 Å². The molecule has 0 spiro atoms. The van der Waals surface area contributed by atoms with Crippen molar-refractivity contribution in [3.63, 3.8) is 0 Å². The fourth-order valence-electron chi connectivity index (χ4n) is 2.56. The van der Waals surface area contributed by atoms with Crippen LogP contribution in [0.1, 0.15) is 38.6 Å². The molecule has 0 radical (unpaired) electrons. The fraction of sp³-hybridized carbons (Fsp3) is 0.529. The van der Waals surface area contributed by atoms with Gasteiger partial charge in [-0.15, -0.1) is 0 Å². The van der Waals surface area contributed by atoms with E-state index in [2.05, 4.69) is 43.7 Å². The van der Waals surface area contributed by atoms with Gasteiger partial charge < -0.3 is 9.88 Å². The lowest BCUT2D eigenvalue weighted by Gasteiger charge is -2.26. The topological polar surface area (TPSA) is 49.0 Å². The van der Waals surface area contributed by atoms with Crippen molar-refractivity contribution < 1.29 is 4.79 Å². The van der Waals surface area contributed by atoms with Crippen LogP contribution in [0.5, 0.6) is 0 Å². The summed E-state index contributed by atoms with van der Waals surface area (Å²) in [7, 11) is 1.87. The van der Waals surface area contributed by atoms with E-state index >= 15 is 0 Å². The minimum absolute atomic E-state index is 0.126. The van der Waals surface area contributed by atoms with Crippen LogP contribution in [0, 0.1) is 12.3 Å². The number of carbonyl (C=O) groups excluding carboxylic acids is 1. The van der Waals surface area contributed by atoms with Crippen LogP contribution in [0.15, 0.2) is 18.2 Å². The summed E-state index contributed by atoms with van der Waals surface area (Å²) < 4.78 is 0. The maximum atomic E-state index is 12.2. The Morgan fingerprint density at radius 1 is 1.33 bits per heavy atom. The van der Waals surface area contributed by atoms with E-state index in [0.29, 0.717) is 12.8 Å². The van der Waals surface area contributed by atoms with Gasteiger partial charge >= 0.3 is 0 Å². The average Bonchev–Trinajstić information content (AvgIpc) is 2.78. The molecule has 2 rings (SSSR count). The fourth-order valence-corrected chi connectivity index (χ4v) is 2.56. The van der Waals surface area contributed by atoms with Crippen molar-refractivity contribution in [3.8, 4) is 0 Å². The van der Waals surface area contributed by atoms with E-state index in [0.717, 1.165) is 29.0 Å². The molecule has 0 aliphatic rings. The number of carbonyl (C=O) groups is 1. The second kappa shape index (κ2) is 5.88. The van der Waals surface area contributed by atoms with Crippen molar-refractivity contribution in [2.75, 3.05) is 13.6 Å². The minimum Gasteiger partial charge on any atom is -0.345 e. The van der Waals surface area contributed by atoms with Gasteiger partial charge in [0.2, 0.25) is 5.91 Å². The first-order valence-electron chi connectivity index (χ1n) is 7.44. The lowest BCUT2D eigenvalue weighted by molar-refractivity contribution is -0.131. The molecule has 1 amide bonds. The van der Waals surface area contributed by atoms with Crippen molar-refractivity contribution in [2.45, 2.75) is 40.5 Å². The molecule has 2 aromatic rings. The zero-order chi connectivity index (χ0) is 15.6. The second-order valence-corrected chi connectivity index (χ2v) is 6.97. The van der Waals surface area contributed by atoms with Crippen molar-refractivity contribution in [1.82, 2.24) is 14.9 Å². The first-order chi connectivity index (χ1) is 9.76. The highest BCUT2D eigenvalue weighted by Gasteiger charge is 2.17. The lowest BCUT2D eigenvalue weighted by Crippen LogP contribution is -2.34. The highest BCUT2D eigenvalue weighted by Crippen LogP contribution is 2.17. The van der Waals surface area contributed by atoms with Gasteiger partial charge in [-0.1, -0.05) is 32.9 Å². The molecule has 4 heteroatoms. The number of aromatic nitrogens is 2. The molecular weight excluding hydrogens is 262 g/mol. The molecular formula is C17H25N3O. The first-order valence-corrected chi connectivity index (χ1v) is 7.44. The van der Waals surface area contributed by atoms with Crippen LogP contribution >= 0.6 is 0 Å². The Kier molecular flexibility index (Phi) is 4.35. The van der Waals surface area contributed by atoms with Gasteiger partial charge in [0.05, 0.1) is 11.0 Å². The number of nitrogens with zero attached hydrogens (tertiary/aromatic N) is 2. The Hall–Kier alpha value is -1.84. The third-order valence-electron chi connectivity index (χ3n) is 3.48. The largest absolute Gasteiger partial charge is 0.345 e. The van der Waals surface area contributed by atoms with Crippen LogP contribution in [-0.4, -0.2) is 34.4 Å². The number of aromatic amines is 1. The van der Waals surface area contributed by atoms with Gasteiger partial charge in [0.1, 0.15) is 5.82 Å². The number of benzene rings is 1. The number of imidazole rings is 1. The van der Waals surface area contributed by atoms with E-state index in [1.165, 1.54) is 0 Å². The van der Waals surface area contributed by atoms with Crippen LogP contribution in [0.4, 0.5) is 0 Å². The molecule has 1 heterocycles. The summed E-state index contributed by atoms with van der Waals surface area (Å²) in [6.45, 7) is 9.23. The van der Waals surface area contributed by atoms with Crippen LogP contribution in [0.25, 0.3) is 11.0 Å². The molecule has 0 fully saturated rings. The summed E-state index contributed by atoms with van der Waals surface area (Å²) >= 11 is 0. The highest BCUT2D eigenvalue weighted by molar-refractivity contribution is 5.79. The Bertz CT molecular complexity index is 637. The predicted octanol–water partition coefficient (Wildman–Crippen LogP) is 3.31. The number of para-hydroxylation sites is 1. The normalized spacial score (nSPS) is 11.9. The zero-order valence-electron chi connectivity index (χ0n) is 13.7. The summed E-state index contributed by atoms with van der Waals surface area (Å²) in [6.07, 6.45) is 1.15. The SMILES string of the molecule is Cc1cccc2[nH]c(CCC(=O)N(C)CC(C)(C)C)nc12. The van der Waals surface area contributed by atoms with Crippen LogP contribution in [0.3, 0.4) is 0 Å². The molecule has 0 bridgehead atoms. The van der Waals surface area contributed by atoms with Gasteiger partial charge in [-0.05, 0) is 24.0 Å². The lowest BCUT2D eigenvalue weighted by atomic mass is 9.96. The van der Waals surface area contributed by atoms with E-state index in [4.69, 9.17) is 0 Å². The number of fused-ring (bicyclic) bond motifs is 1. The van der Waals surface area contributed by atoms with Gasteiger partial charge in [0, 0.05) is 26.4 Å². The summed E-state index contributed by atoms with van der Waals surface area (Å²) in [4.78, 5) is 21.9. The van der Waals surface area contributed by atoms with E-state index in [-0.39, 0.29) is 11.3 Å². The number of amides is 1. The Labute approximate surface area is 126 Å². The molecule has 0 saturated carbocycles. The Morgan fingerprint density at radius 2 is 2.05 bits per heavy atom. The average molecular weight is 287 g/mol. The summed E-state index contributed by atoms with van der Waals surface area (Å²) in [5.74, 6) is 1.05. The quantitative estimate of drug-likeness (QED) is 0.938. The number of nitrogens with one attached hydrogen (secondary N) is 1. The molecule has 1 aromatic heterocycles. The third kappa shape index (κ3) is 4.06. The smallest absolute Gasteiger partial charge is 0.222 e. The molecule has 114 valence electrons. The predicted molar refractivity (Wildman–Crippen MR) is 86.2 cm³/mol. The number of H-pyrrole nitrogens is 1. The monoisotopic (exact) mass is 287 g/mol. The minimum atomic E-state index is 0.126. The standard InChI is InChI=1S/C17H25N3O/c1-12-7-6-8-13-16(12)19-14(18-13)9-10-15(21)20(5)11-17(2,3)4/h6-8H,9-11H2,1-5H3,(H,18,19). The molecule has 0 atom stereocenters. The van der Waals surface area contributed by atoms with Crippen molar-refractivity contribution in [3.05, 3.63) is 29.6 Å². The van der Waals surface area contributed by atoms with Crippen LogP contribution in [0.2, 0.25) is 0 Å². The van der Waals surface area contributed by atoms with E-state index < -0.39 is 0 Å². The molecule has 0 aliphatic heterocycles. The van der Waals surface area contributed by atoms with Crippen LogP contribution < -0.4 is 0 Å². The van der Waals surface area contributed by atoms with Crippen molar-refractivity contribution in [1.29, 1.82) is 0 Å². The van der Waals surface area contributed by atoms with Crippen molar-refractivity contribution >= 4 is 16.9 Å². The molecule has 1 N–H and O–H groups in total. The first kappa shape index (κ1) is 15.5. The summed E-state index contributed by atoms with van der Waals surface area (Å²) in [6, 6.07) is 6.09. The number of hydrogen-bond donors (Lipinski definition) is 1.